The molecule has 0 spiro atoms. The Bertz CT molecular complexity index is 286. The SMILES string of the molecule is CCC(C)(C)Oc1cccnc1F. The van der Waals surface area contributed by atoms with Crippen LogP contribution in [0.15, 0.2) is 18.3 Å². The molecule has 0 unspecified atom stereocenters. The zero-order valence-electron chi connectivity index (χ0n) is 8.17. The van der Waals surface area contributed by atoms with Gasteiger partial charge in [-0.05, 0) is 32.4 Å². The predicted molar refractivity (Wildman–Crippen MR) is 49.2 cm³/mol. The fourth-order valence-corrected chi connectivity index (χ4v) is 0.817. The van der Waals surface area contributed by atoms with Gasteiger partial charge in [-0.3, -0.25) is 0 Å². The van der Waals surface area contributed by atoms with Crippen LogP contribution in [0.3, 0.4) is 0 Å². The van der Waals surface area contributed by atoms with Gasteiger partial charge in [-0.1, -0.05) is 6.92 Å². The van der Waals surface area contributed by atoms with Crippen molar-refractivity contribution >= 4 is 0 Å². The summed E-state index contributed by atoms with van der Waals surface area (Å²) < 4.78 is 18.5. The maximum Gasteiger partial charge on any atom is 0.255 e. The molecule has 0 fully saturated rings. The van der Waals surface area contributed by atoms with E-state index in [2.05, 4.69) is 4.98 Å². The van der Waals surface area contributed by atoms with Crippen molar-refractivity contribution in [3.05, 3.63) is 24.3 Å². The first-order valence-corrected chi connectivity index (χ1v) is 4.35. The Hall–Kier alpha value is -1.12. The monoisotopic (exact) mass is 183 g/mol. The highest BCUT2D eigenvalue weighted by Gasteiger charge is 2.18. The van der Waals surface area contributed by atoms with Gasteiger partial charge in [-0.25, -0.2) is 4.98 Å². The number of hydrogen-bond acceptors (Lipinski definition) is 2. The molecule has 0 radical (unpaired) electrons. The van der Waals surface area contributed by atoms with Crippen molar-refractivity contribution < 1.29 is 9.13 Å². The summed E-state index contributed by atoms with van der Waals surface area (Å²) >= 11 is 0. The van der Waals surface area contributed by atoms with Crippen LogP contribution >= 0.6 is 0 Å². The van der Waals surface area contributed by atoms with Gasteiger partial charge in [0.25, 0.3) is 5.95 Å². The molecule has 0 aliphatic carbocycles. The van der Waals surface area contributed by atoms with E-state index in [4.69, 9.17) is 4.74 Å². The number of nitrogens with zero attached hydrogens (tertiary/aromatic N) is 1. The van der Waals surface area contributed by atoms with Crippen LogP contribution in [0.4, 0.5) is 4.39 Å². The first-order chi connectivity index (χ1) is 6.05. The van der Waals surface area contributed by atoms with Gasteiger partial charge in [0.2, 0.25) is 0 Å². The molecule has 1 heterocycles. The topological polar surface area (TPSA) is 22.1 Å². The third-order valence-electron chi connectivity index (χ3n) is 1.96. The first kappa shape index (κ1) is 9.96. The zero-order chi connectivity index (χ0) is 9.90. The fraction of sp³-hybridized carbons (Fsp3) is 0.500. The molecule has 0 aliphatic heterocycles. The molecule has 0 atom stereocenters. The molecule has 0 aromatic carbocycles. The van der Waals surface area contributed by atoms with Gasteiger partial charge in [0.15, 0.2) is 5.75 Å². The highest BCUT2D eigenvalue weighted by atomic mass is 19.1. The molecule has 0 saturated carbocycles. The minimum Gasteiger partial charge on any atom is -0.483 e. The Morgan fingerprint density at radius 1 is 1.54 bits per heavy atom. The number of halogens is 1. The molecule has 0 N–H and O–H groups in total. The van der Waals surface area contributed by atoms with E-state index in [0.717, 1.165) is 6.42 Å². The van der Waals surface area contributed by atoms with E-state index in [9.17, 15) is 4.39 Å². The quantitative estimate of drug-likeness (QED) is 0.672. The second-order valence-electron chi connectivity index (χ2n) is 3.51. The summed E-state index contributed by atoms with van der Waals surface area (Å²) in [5.41, 5.74) is -0.343. The van der Waals surface area contributed by atoms with Gasteiger partial charge < -0.3 is 4.74 Å². The average Bonchev–Trinajstić information content (AvgIpc) is 2.09. The average molecular weight is 183 g/mol. The lowest BCUT2D eigenvalue weighted by atomic mass is 10.1. The molecular formula is C10H14FNO. The Morgan fingerprint density at radius 3 is 2.77 bits per heavy atom. The summed E-state index contributed by atoms with van der Waals surface area (Å²) in [6.07, 6.45) is 2.22. The third-order valence-corrected chi connectivity index (χ3v) is 1.96. The van der Waals surface area contributed by atoms with E-state index in [1.54, 1.807) is 12.1 Å². The normalized spacial score (nSPS) is 11.4. The number of ether oxygens (including phenoxy) is 1. The van der Waals surface area contributed by atoms with Gasteiger partial charge in [-0.2, -0.15) is 4.39 Å². The minimum atomic E-state index is -0.552. The van der Waals surface area contributed by atoms with Crippen LogP contribution in [0.5, 0.6) is 5.75 Å². The van der Waals surface area contributed by atoms with Crippen LogP contribution < -0.4 is 4.74 Å². The molecule has 1 aromatic rings. The molecule has 13 heavy (non-hydrogen) atoms. The van der Waals surface area contributed by atoms with Crippen molar-refractivity contribution in [2.45, 2.75) is 32.8 Å². The Labute approximate surface area is 77.8 Å². The zero-order valence-corrected chi connectivity index (χ0v) is 8.17. The van der Waals surface area contributed by atoms with E-state index in [-0.39, 0.29) is 11.4 Å². The smallest absolute Gasteiger partial charge is 0.255 e. The largest absolute Gasteiger partial charge is 0.483 e. The molecule has 2 nitrogen and oxygen atoms in total. The van der Waals surface area contributed by atoms with E-state index in [0.29, 0.717) is 0 Å². The van der Waals surface area contributed by atoms with Crippen LogP contribution in [0, 0.1) is 5.95 Å². The third kappa shape index (κ3) is 2.68. The molecule has 0 bridgehead atoms. The molecule has 0 amide bonds. The molecule has 72 valence electrons. The van der Waals surface area contributed by atoms with Gasteiger partial charge in [0.1, 0.15) is 5.60 Å². The highest BCUT2D eigenvalue weighted by Crippen LogP contribution is 2.21. The maximum absolute atomic E-state index is 13.0. The van der Waals surface area contributed by atoms with Gasteiger partial charge >= 0.3 is 0 Å². The van der Waals surface area contributed by atoms with Crippen molar-refractivity contribution in [2.75, 3.05) is 0 Å². The van der Waals surface area contributed by atoms with Crippen LogP contribution in [0.25, 0.3) is 0 Å². The Morgan fingerprint density at radius 2 is 2.23 bits per heavy atom. The van der Waals surface area contributed by atoms with E-state index in [1.807, 2.05) is 20.8 Å². The standard InChI is InChI=1S/C10H14FNO/c1-4-10(2,3)13-8-6-5-7-12-9(8)11/h5-7H,4H2,1-3H3. The van der Waals surface area contributed by atoms with Gasteiger partial charge in [0, 0.05) is 6.20 Å². The molecule has 0 saturated heterocycles. The molecule has 0 aliphatic rings. The van der Waals surface area contributed by atoms with Gasteiger partial charge in [-0.15, -0.1) is 0 Å². The second kappa shape index (κ2) is 3.73. The van der Waals surface area contributed by atoms with Crippen molar-refractivity contribution in [1.82, 2.24) is 4.98 Å². The number of hydrogen-bond donors (Lipinski definition) is 0. The van der Waals surface area contributed by atoms with Crippen LogP contribution in [0.2, 0.25) is 0 Å². The van der Waals surface area contributed by atoms with Crippen molar-refractivity contribution in [3.63, 3.8) is 0 Å². The fourth-order valence-electron chi connectivity index (χ4n) is 0.817. The summed E-state index contributed by atoms with van der Waals surface area (Å²) in [6, 6.07) is 3.24. The highest BCUT2D eigenvalue weighted by molar-refractivity contribution is 5.18. The Balaban J connectivity index is 2.80. The van der Waals surface area contributed by atoms with Crippen LogP contribution in [0.1, 0.15) is 27.2 Å². The number of aromatic nitrogens is 1. The lowest BCUT2D eigenvalue weighted by Gasteiger charge is -2.24. The number of rotatable bonds is 3. The first-order valence-electron chi connectivity index (χ1n) is 4.35. The lowest BCUT2D eigenvalue weighted by Crippen LogP contribution is -2.27. The van der Waals surface area contributed by atoms with Crippen molar-refractivity contribution in [3.8, 4) is 5.75 Å². The summed E-state index contributed by atoms with van der Waals surface area (Å²) in [5, 5.41) is 0. The minimum absolute atomic E-state index is 0.217. The van der Waals surface area contributed by atoms with E-state index >= 15 is 0 Å². The number of pyridine rings is 1. The summed E-state index contributed by atoms with van der Waals surface area (Å²) in [6.45, 7) is 5.83. The Kier molecular flexibility index (Phi) is 2.86. The predicted octanol–water partition coefficient (Wildman–Crippen LogP) is 2.79. The van der Waals surface area contributed by atoms with E-state index < -0.39 is 5.95 Å². The van der Waals surface area contributed by atoms with E-state index in [1.165, 1.54) is 6.20 Å². The van der Waals surface area contributed by atoms with Gasteiger partial charge in [0.05, 0.1) is 0 Å². The van der Waals surface area contributed by atoms with Crippen LogP contribution in [-0.2, 0) is 0 Å². The van der Waals surface area contributed by atoms with Crippen LogP contribution in [-0.4, -0.2) is 10.6 Å². The van der Waals surface area contributed by atoms with Crippen molar-refractivity contribution in [2.24, 2.45) is 0 Å². The summed E-state index contributed by atoms with van der Waals surface area (Å²) in [5.74, 6) is -0.335. The molecule has 3 heteroatoms. The lowest BCUT2D eigenvalue weighted by molar-refractivity contribution is 0.0982. The maximum atomic E-state index is 13.0. The summed E-state index contributed by atoms with van der Waals surface area (Å²) in [4.78, 5) is 3.51. The molecular weight excluding hydrogens is 169 g/mol. The van der Waals surface area contributed by atoms with Crippen molar-refractivity contribution in [1.29, 1.82) is 0 Å². The molecule has 1 aromatic heterocycles. The summed E-state index contributed by atoms with van der Waals surface area (Å²) in [7, 11) is 0. The second-order valence-corrected chi connectivity index (χ2v) is 3.51. The molecule has 1 rings (SSSR count).